The Kier molecular flexibility index (Phi) is 4.99. The van der Waals surface area contributed by atoms with E-state index in [9.17, 15) is 9.90 Å². The molecule has 1 aliphatic heterocycles. The van der Waals surface area contributed by atoms with Crippen molar-refractivity contribution in [1.29, 1.82) is 0 Å². The summed E-state index contributed by atoms with van der Waals surface area (Å²) in [6, 6.07) is 14.0. The first-order chi connectivity index (χ1) is 11.5. The fourth-order valence-corrected chi connectivity index (χ4v) is 3.12. The number of carbonyl (C=O) groups is 1. The lowest BCUT2D eigenvalue weighted by Crippen LogP contribution is -2.46. The van der Waals surface area contributed by atoms with E-state index in [0.29, 0.717) is 41.7 Å². The van der Waals surface area contributed by atoms with Crippen LogP contribution in [0, 0.1) is 0 Å². The first-order valence-corrected chi connectivity index (χ1v) is 8.52. The number of carbonyl (C=O) groups excluding carboxylic acids is 1. The van der Waals surface area contributed by atoms with Crippen LogP contribution in [-0.4, -0.2) is 29.1 Å². The van der Waals surface area contributed by atoms with Gasteiger partial charge in [-0.1, -0.05) is 35.3 Å². The summed E-state index contributed by atoms with van der Waals surface area (Å²) >= 11 is 11.7. The maximum atomic E-state index is 12.3. The molecule has 0 spiro atoms. The molecule has 0 bridgehead atoms. The van der Waals surface area contributed by atoms with Crippen LogP contribution < -0.4 is 5.32 Å². The number of halogens is 2. The predicted molar refractivity (Wildman–Crippen MR) is 96.6 cm³/mol. The Labute approximate surface area is 151 Å². The first-order valence-electron chi connectivity index (χ1n) is 7.76. The molecular formula is C18H18Cl2N2O2. The van der Waals surface area contributed by atoms with E-state index in [1.54, 1.807) is 41.3 Å². The van der Waals surface area contributed by atoms with Gasteiger partial charge in [-0.2, -0.15) is 0 Å². The molecule has 0 saturated carbocycles. The van der Waals surface area contributed by atoms with Gasteiger partial charge in [-0.15, -0.1) is 0 Å². The maximum absolute atomic E-state index is 12.3. The minimum Gasteiger partial charge on any atom is -0.385 e. The van der Waals surface area contributed by atoms with Crippen LogP contribution in [0.5, 0.6) is 0 Å². The van der Waals surface area contributed by atoms with E-state index in [1.807, 2.05) is 12.1 Å². The van der Waals surface area contributed by atoms with Gasteiger partial charge in [0.15, 0.2) is 0 Å². The van der Waals surface area contributed by atoms with Crippen molar-refractivity contribution in [2.75, 3.05) is 18.4 Å². The van der Waals surface area contributed by atoms with E-state index in [2.05, 4.69) is 5.32 Å². The average molecular weight is 365 g/mol. The number of urea groups is 1. The number of aliphatic hydroxyl groups is 1. The topological polar surface area (TPSA) is 52.6 Å². The van der Waals surface area contributed by atoms with E-state index >= 15 is 0 Å². The Morgan fingerprint density at radius 1 is 0.958 bits per heavy atom. The second-order valence-electron chi connectivity index (χ2n) is 5.96. The van der Waals surface area contributed by atoms with Crippen molar-refractivity contribution in [3.8, 4) is 0 Å². The van der Waals surface area contributed by atoms with Gasteiger partial charge in [-0.3, -0.25) is 0 Å². The molecule has 126 valence electrons. The summed E-state index contributed by atoms with van der Waals surface area (Å²) in [6.45, 7) is 0.969. The van der Waals surface area contributed by atoms with E-state index in [-0.39, 0.29) is 6.03 Å². The molecule has 0 atom stereocenters. The maximum Gasteiger partial charge on any atom is 0.321 e. The number of anilines is 1. The number of rotatable bonds is 2. The van der Waals surface area contributed by atoms with E-state index in [0.717, 1.165) is 5.56 Å². The fraction of sp³-hybridized carbons (Fsp3) is 0.278. The second-order valence-corrected chi connectivity index (χ2v) is 6.84. The molecule has 0 aromatic heterocycles. The van der Waals surface area contributed by atoms with Crippen molar-refractivity contribution in [2.24, 2.45) is 0 Å². The van der Waals surface area contributed by atoms with Crippen LogP contribution in [0.15, 0.2) is 48.5 Å². The lowest BCUT2D eigenvalue weighted by Gasteiger charge is -2.38. The second kappa shape index (κ2) is 7.01. The minimum atomic E-state index is -0.915. The number of benzene rings is 2. The van der Waals surface area contributed by atoms with Crippen LogP contribution in [0.1, 0.15) is 18.4 Å². The zero-order chi connectivity index (χ0) is 17.2. The Bertz CT molecular complexity index is 709. The van der Waals surface area contributed by atoms with Crippen LogP contribution in [-0.2, 0) is 5.60 Å². The van der Waals surface area contributed by atoms with Crippen LogP contribution in [0.3, 0.4) is 0 Å². The summed E-state index contributed by atoms with van der Waals surface area (Å²) in [4.78, 5) is 14.0. The summed E-state index contributed by atoms with van der Waals surface area (Å²) in [5.74, 6) is 0. The summed E-state index contributed by atoms with van der Waals surface area (Å²) in [5, 5.41) is 14.9. The Balaban J connectivity index is 1.60. The quantitative estimate of drug-likeness (QED) is 0.823. The van der Waals surface area contributed by atoms with E-state index in [4.69, 9.17) is 23.2 Å². The average Bonchev–Trinajstić information content (AvgIpc) is 2.58. The molecule has 1 heterocycles. The highest BCUT2D eigenvalue weighted by molar-refractivity contribution is 6.30. The SMILES string of the molecule is O=C(Nc1ccc(Cl)cc1)N1CCC(O)(c2ccc(Cl)cc2)CC1. The van der Waals surface area contributed by atoms with Crippen molar-refractivity contribution in [2.45, 2.75) is 18.4 Å². The van der Waals surface area contributed by atoms with Crippen LogP contribution >= 0.6 is 23.2 Å². The molecule has 0 aliphatic carbocycles. The highest BCUT2D eigenvalue weighted by Crippen LogP contribution is 2.33. The van der Waals surface area contributed by atoms with Crippen LogP contribution in [0.4, 0.5) is 10.5 Å². The fourth-order valence-electron chi connectivity index (χ4n) is 2.86. The molecule has 6 heteroatoms. The number of amides is 2. The van der Waals surface area contributed by atoms with Gasteiger partial charge in [0, 0.05) is 28.8 Å². The molecule has 4 nitrogen and oxygen atoms in total. The molecule has 2 aromatic rings. The number of likely N-dealkylation sites (tertiary alicyclic amines) is 1. The number of hydrogen-bond donors (Lipinski definition) is 2. The molecule has 2 aromatic carbocycles. The van der Waals surface area contributed by atoms with Crippen molar-refractivity contribution in [3.63, 3.8) is 0 Å². The van der Waals surface area contributed by atoms with Gasteiger partial charge in [-0.25, -0.2) is 4.79 Å². The lowest BCUT2D eigenvalue weighted by atomic mass is 9.84. The third-order valence-electron chi connectivity index (χ3n) is 4.35. The highest BCUT2D eigenvalue weighted by Gasteiger charge is 2.35. The van der Waals surface area contributed by atoms with E-state index in [1.165, 1.54) is 0 Å². The van der Waals surface area contributed by atoms with Gasteiger partial charge in [0.1, 0.15) is 0 Å². The number of hydrogen-bond acceptors (Lipinski definition) is 2. The molecule has 2 amide bonds. The van der Waals surface area contributed by atoms with Gasteiger partial charge >= 0.3 is 6.03 Å². The number of nitrogens with zero attached hydrogens (tertiary/aromatic N) is 1. The van der Waals surface area contributed by atoms with Crippen molar-refractivity contribution in [1.82, 2.24) is 4.90 Å². The molecule has 1 fully saturated rings. The molecule has 0 radical (unpaired) electrons. The zero-order valence-electron chi connectivity index (χ0n) is 13.0. The molecular weight excluding hydrogens is 347 g/mol. The molecule has 1 saturated heterocycles. The molecule has 3 rings (SSSR count). The predicted octanol–water partition coefficient (Wildman–Crippen LogP) is 4.51. The summed E-state index contributed by atoms with van der Waals surface area (Å²) in [7, 11) is 0. The third-order valence-corrected chi connectivity index (χ3v) is 4.86. The van der Waals surface area contributed by atoms with Crippen LogP contribution in [0.2, 0.25) is 10.0 Å². The first kappa shape index (κ1) is 17.1. The summed E-state index contributed by atoms with van der Waals surface area (Å²) in [5.41, 5.74) is 0.620. The van der Waals surface area contributed by atoms with E-state index < -0.39 is 5.60 Å². The van der Waals surface area contributed by atoms with Crippen molar-refractivity contribution >= 4 is 34.9 Å². The van der Waals surface area contributed by atoms with Gasteiger partial charge in [0.25, 0.3) is 0 Å². The number of nitrogens with one attached hydrogen (secondary N) is 1. The molecule has 0 unspecified atom stereocenters. The molecule has 24 heavy (non-hydrogen) atoms. The zero-order valence-corrected chi connectivity index (χ0v) is 14.5. The number of piperidine rings is 1. The summed E-state index contributed by atoms with van der Waals surface area (Å²) in [6.07, 6.45) is 0.978. The van der Waals surface area contributed by atoms with Crippen LogP contribution in [0.25, 0.3) is 0 Å². The monoisotopic (exact) mass is 364 g/mol. The largest absolute Gasteiger partial charge is 0.385 e. The Morgan fingerprint density at radius 2 is 1.46 bits per heavy atom. The van der Waals surface area contributed by atoms with Gasteiger partial charge in [0.05, 0.1) is 5.60 Å². The normalized spacial score (nSPS) is 16.7. The van der Waals surface area contributed by atoms with Gasteiger partial charge < -0.3 is 15.3 Å². The minimum absolute atomic E-state index is 0.171. The van der Waals surface area contributed by atoms with Gasteiger partial charge in [0.2, 0.25) is 0 Å². The highest BCUT2D eigenvalue weighted by atomic mass is 35.5. The smallest absolute Gasteiger partial charge is 0.321 e. The van der Waals surface area contributed by atoms with Gasteiger partial charge in [-0.05, 0) is 54.8 Å². The third kappa shape index (κ3) is 3.83. The molecule has 1 aliphatic rings. The summed E-state index contributed by atoms with van der Waals surface area (Å²) < 4.78 is 0. The van der Waals surface area contributed by atoms with Crippen molar-refractivity contribution < 1.29 is 9.90 Å². The Hall–Kier alpha value is -1.75. The standard InChI is InChI=1S/C18H18Cl2N2O2/c19-14-3-1-13(2-4-14)18(24)9-11-22(12-10-18)17(23)21-16-7-5-15(20)6-8-16/h1-8,24H,9-12H2,(H,21,23). The lowest BCUT2D eigenvalue weighted by molar-refractivity contribution is -0.0156. The van der Waals surface area contributed by atoms with Crippen molar-refractivity contribution in [3.05, 3.63) is 64.1 Å². The molecule has 2 N–H and O–H groups in total. The Morgan fingerprint density at radius 3 is 2.00 bits per heavy atom.